The van der Waals surface area contributed by atoms with Crippen molar-refractivity contribution in [3.63, 3.8) is 0 Å². The fourth-order valence-electron chi connectivity index (χ4n) is 1.49. The second-order valence-corrected chi connectivity index (χ2v) is 5.24. The lowest BCUT2D eigenvalue weighted by molar-refractivity contribution is 0.326. The summed E-state index contributed by atoms with van der Waals surface area (Å²) in [6.45, 7) is 3.69. The highest BCUT2D eigenvalue weighted by Gasteiger charge is 2.12. The Bertz CT molecular complexity index is 388. The van der Waals surface area contributed by atoms with E-state index in [4.69, 9.17) is 18.0 Å². The molecule has 4 nitrogen and oxygen atoms in total. The second kappa shape index (κ2) is 5.75. The molecular formula is C10H17BrN4S. The van der Waals surface area contributed by atoms with Gasteiger partial charge in [-0.05, 0) is 29.9 Å². The van der Waals surface area contributed by atoms with Crippen LogP contribution in [0.2, 0.25) is 0 Å². The lowest BCUT2D eigenvalue weighted by Gasteiger charge is -2.16. The molecule has 0 fully saturated rings. The zero-order valence-electron chi connectivity index (χ0n) is 9.83. The van der Waals surface area contributed by atoms with Crippen LogP contribution in [0, 0.1) is 6.92 Å². The van der Waals surface area contributed by atoms with Gasteiger partial charge in [-0.1, -0.05) is 12.2 Å². The van der Waals surface area contributed by atoms with Crippen LogP contribution in [0.25, 0.3) is 0 Å². The predicted molar refractivity (Wildman–Crippen MR) is 73.4 cm³/mol. The van der Waals surface area contributed by atoms with Crippen LogP contribution in [0.3, 0.4) is 0 Å². The Kier molecular flexibility index (Phi) is 4.89. The highest BCUT2D eigenvalue weighted by atomic mass is 79.9. The van der Waals surface area contributed by atoms with Crippen molar-refractivity contribution < 1.29 is 0 Å². The monoisotopic (exact) mass is 304 g/mol. The highest BCUT2D eigenvalue weighted by molar-refractivity contribution is 9.10. The van der Waals surface area contributed by atoms with Gasteiger partial charge in [0.1, 0.15) is 0 Å². The van der Waals surface area contributed by atoms with E-state index in [2.05, 4.69) is 25.9 Å². The topological polar surface area (TPSA) is 47.1 Å². The minimum absolute atomic E-state index is 0.562. The third-order valence-corrected chi connectivity index (χ3v) is 3.66. The minimum Gasteiger partial charge on any atom is -0.393 e. The molecule has 0 unspecified atom stereocenters. The molecule has 0 aliphatic rings. The van der Waals surface area contributed by atoms with Gasteiger partial charge in [-0.25, -0.2) is 0 Å². The second-order valence-electron chi connectivity index (χ2n) is 3.92. The third kappa shape index (κ3) is 3.54. The first-order valence-corrected chi connectivity index (χ1v) is 6.26. The average molecular weight is 305 g/mol. The SMILES string of the molecule is Cc1nn(C)c(CN(C)CCC(N)=S)c1Br. The molecule has 1 rings (SSSR count). The quantitative estimate of drug-likeness (QED) is 0.840. The molecule has 90 valence electrons. The molecule has 0 bridgehead atoms. The van der Waals surface area contributed by atoms with Gasteiger partial charge in [0, 0.05) is 26.6 Å². The predicted octanol–water partition coefficient (Wildman–Crippen LogP) is 1.60. The largest absolute Gasteiger partial charge is 0.393 e. The van der Waals surface area contributed by atoms with Gasteiger partial charge < -0.3 is 10.6 Å². The van der Waals surface area contributed by atoms with Crippen molar-refractivity contribution in [3.8, 4) is 0 Å². The zero-order valence-corrected chi connectivity index (χ0v) is 12.2. The summed E-state index contributed by atoms with van der Waals surface area (Å²) >= 11 is 8.41. The zero-order chi connectivity index (χ0) is 12.3. The van der Waals surface area contributed by atoms with Crippen LogP contribution >= 0.6 is 28.1 Å². The van der Waals surface area contributed by atoms with E-state index in [0.29, 0.717) is 4.99 Å². The summed E-state index contributed by atoms with van der Waals surface area (Å²) in [4.78, 5) is 2.74. The van der Waals surface area contributed by atoms with Crippen LogP contribution in [0.1, 0.15) is 17.8 Å². The number of nitrogens with two attached hydrogens (primary N) is 1. The maximum atomic E-state index is 5.48. The summed E-state index contributed by atoms with van der Waals surface area (Å²) in [6.07, 6.45) is 0.750. The molecule has 2 N–H and O–H groups in total. The third-order valence-electron chi connectivity index (χ3n) is 2.42. The van der Waals surface area contributed by atoms with Gasteiger partial charge in [0.15, 0.2) is 0 Å². The van der Waals surface area contributed by atoms with Crippen LogP contribution in [0.15, 0.2) is 4.47 Å². The fourth-order valence-corrected chi connectivity index (χ4v) is 2.04. The van der Waals surface area contributed by atoms with Crippen molar-refractivity contribution in [2.45, 2.75) is 19.9 Å². The number of hydrogen-bond donors (Lipinski definition) is 1. The summed E-state index contributed by atoms with van der Waals surface area (Å²) in [7, 11) is 4.00. The van der Waals surface area contributed by atoms with E-state index >= 15 is 0 Å². The van der Waals surface area contributed by atoms with Crippen molar-refractivity contribution in [1.82, 2.24) is 14.7 Å². The van der Waals surface area contributed by atoms with Gasteiger partial charge in [0.05, 0.1) is 20.8 Å². The molecule has 16 heavy (non-hydrogen) atoms. The maximum Gasteiger partial charge on any atom is 0.0740 e. The number of hydrogen-bond acceptors (Lipinski definition) is 3. The van der Waals surface area contributed by atoms with E-state index < -0.39 is 0 Å². The first-order valence-electron chi connectivity index (χ1n) is 5.06. The van der Waals surface area contributed by atoms with Gasteiger partial charge >= 0.3 is 0 Å². The van der Waals surface area contributed by atoms with E-state index in [1.54, 1.807) is 0 Å². The molecule has 0 aliphatic carbocycles. The smallest absolute Gasteiger partial charge is 0.0740 e. The van der Waals surface area contributed by atoms with Gasteiger partial charge in [-0.15, -0.1) is 0 Å². The molecule has 0 aromatic carbocycles. The van der Waals surface area contributed by atoms with E-state index in [0.717, 1.165) is 29.7 Å². The Balaban J connectivity index is 2.62. The van der Waals surface area contributed by atoms with Crippen LogP contribution < -0.4 is 5.73 Å². The molecule has 0 saturated heterocycles. The molecule has 0 atom stereocenters. The Hall–Kier alpha value is -0.460. The highest BCUT2D eigenvalue weighted by Crippen LogP contribution is 2.21. The molecule has 6 heteroatoms. The molecule has 1 aromatic rings. The molecule has 0 spiro atoms. The van der Waals surface area contributed by atoms with Crippen molar-refractivity contribution >= 4 is 33.1 Å². The molecule has 1 aromatic heterocycles. The van der Waals surface area contributed by atoms with Crippen molar-refractivity contribution in [2.24, 2.45) is 12.8 Å². The van der Waals surface area contributed by atoms with Crippen LogP contribution in [0.4, 0.5) is 0 Å². The molecule has 0 aliphatic heterocycles. The van der Waals surface area contributed by atoms with Crippen molar-refractivity contribution in [2.75, 3.05) is 13.6 Å². The van der Waals surface area contributed by atoms with E-state index in [9.17, 15) is 0 Å². The average Bonchev–Trinajstić information content (AvgIpc) is 2.42. The summed E-state index contributed by atoms with van der Waals surface area (Å²) in [5.41, 5.74) is 7.66. The molecular weight excluding hydrogens is 288 g/mol. The first-order chi connectivity index (χ1) is 7.41. The Morgan fingerprint density at radius 1 is 1.62 bits per heavy atom. The lowest BCUT2D eigenvalue weighted by Crippen LogP contribution is -2.24. The molecule has 0 saturated carbocycles. The number of aryl methyl sites for hydroxylation is 2. The molecule has 0 amide bonds. The Morgan fingerprint density at radius 3 is 2.69 bits per heavy atom. The summed E-state index contributed by atoms with van der Waals surface area (Å²) in [5.74, 6) is 0. The van der Waals surface area contributed by atoms with Gasteiger partial charge in [0.2, 0.25) is 0 Å². The summed E-state index contributed by atoms with van der Waals surface area (Å²) < 4.78 is 2.98. The van der Waals surface area contributed by atoms with E-state index in [-0.39, 0.29) is 0 Å². The lowest BCUT2D eigenvalue weighted by atomic mass is 10.3. The van der Waals surface area contributed by atoms with Crippen molar-refractivity contribution in [3.05, 3.63) is 15.9 Å². The maximum absolute atomic E-state index is 5.48. The van der Waals surface area contributed by atoms with Gasteiger partial charge in [-0.2, -0.15) is 5.10 Å². The fraction of sp³-hybridized carbons (Fsp3) is 0.600. The number of aromatic nitrogens is 2. The number of rotatable bonds is 5. The van der Waals surface area contributed by atoms with Crippen LogP contribution in [-0.4, -0.2) is 33.3 Å². The first kappa shape index (κ1) is 13.6. The van der Waals surface area contributed by atoms with Gasteiger partial charge in [-0.3, -0.25) is 4.68 Å². The van der Waals surface area contributed by atoms with Crippen LogP contribution in [-0.2, 0) is 13.6 Å². The number of thiocarbonyl (C=S) groups is 1. The normalized spacial score (nSPS) is 11.1. The summed E-state index contributed by atoms with van der Waals surface area (Å²) in [5, 5.41) is 4.35. The number of halogens is 1. The standard InChI is InChI=1S/C10H17BrN4S/c1-7-10(11)8(15(3)13-7)6-14(2)5-4-9(12)16/h4-6H2,1-3H3,(H2,12,16). The van der Waals surface area contributed by atoms with Crippen LogP contribution in [0.5, 0.6) is 0 Å². The Labute approximate surface area is 110 Å². The molecule has 1 heterocycles. The van der Waals surface area contributed by atoms with E-state index in [1.165, 1.54) is 5.69 Å². The number of nitrogens with zero attached hydrogens (tertiary/aromatic N) is 3. The van der Waals surface area contributed by atoms with E-state index in [1.807, 2.05) is 25.7 Å². The summed E-state index contributed by atoms with van der Waals surface area (Å²) in [6, 6.07) is 0. The minimum atomic E-state index is 0.562. The van der Waals surface area contributed by atoms with Crippen molar-refractivity contribution in [1.29, 1.82) is 0 Å². The molecule has 0 radical (unpaired) electrons. The Morgan fingerprint density at radius 2 is 2.25 bits per heavy atom. The van der Waals surface area contributed by atoms with Gasteiger partial charge in [0.25, 0.3) is 0 Å².